The van der Waals surface area contributed by atoms with Crippen molar-refractivity contribution < 1.29 is 19.1 Å². The highest BCUT2D eigenvalue weighted by molar-refractivity contribution is 14.1. The molecule has 4 aromatic rings. The van der Waals surface area contributed by atoms with E-state index in [9.17, 15) is 9.59 Å². The van der Waals surface area contributed by atoms with Crippen LogP contribution in [0.1, 0.15) is 20.7 Å². The molecule has 0 spiro atoms. The molecule has 0 N–H and O–H groups in total. The number of fused-ring (bicyclic) bond motifs is 2. The van der Waals surface area contributed by atoms with Crippen LogP contribution in [0.5, 0.6) is 0 Å². The maximum Gasteiger partial charge on any atom is 0.150 e. The van der Waals surface area contributed by atoms with Gasteiger partial charge in [-0.2, -0.15) is 10.2 Å². The van der Waals surface area contributed by atoms with Gasteiger partial charge in [0.15, 0.2) is 0 Å². The van der Waals surface area contributed by atoms with E-state index in [-0.39, 0.29) is 0 Å². The first-order valence-electron chi connectivity index (χ1n) is 13.2. The molecule has 2 aromatic carbocycles. The number of ether oxygens (including phenoxy) is 2. The monoisotopic (exact) mass is 804 g/mol. The Bertz CT molecular complexity index is 1450. The van der Waals surface area contributed by atoms with E-state index in [4.69, 9.17) is 9.47 Å². The Kier molecular flexibility index (Phi) is 12.1. The van der Waals surface area contributed by atoms with Crippen LogP contribution in [0.3, 0.4) is 0 Å². The number of hydrogen-bond donors (Lipinski definition) is 0. The molecule has 216 valence electrons. The van der Waals surface area contributed by atoms with Crippen LogP contribution < -0.4 is 0 Å². The number of carbonyl (C=O) groups excluding carboxylic acids is 2. The summed E-state index contributed by atoms with van der Waals surface area (Å²) in [7, 11) is -2.11. The Hall–Kier alpha value is -1.47. The lowest BCUT2D eigenvalue weighted by atomic mass is 10.2. The molecule has 0 amide bonds. The maximum atomic E-state index is 10.9. The van der Waals surface area contributed by atoms with Crippen LogP contribution in [0.4, 0.5) is 0 Å². The summed E-state index contributed by atoms with van der Waals surface area (Å²) in [6, 6.07) is 13.5. The molecule has 0 saturated carbocycles. The van der Waals surface area contributed by atoms with Gasteiger partial charge in [-0.1, -0.05) is 51.4 Å². The summed E-state index contributed by atoms with van der Waals surface area (Å²) >= 11 is 4.47. The van der Waals surface area contributed by atoms with E-state index in [2.05, 4.69) is 94.7 Å². The summed E-state index contributed by atoms with van der Waals surface area (Å²) in [5.74, 6) is 0. The number of carbonyl (C=O) groups is 2. The van der Waals surface area contributed by atoms with Gasteiger partial charge < -0.3 is 9.47 Å². The molecule has 0 radical (unpaired) electrons. The van der Waals surface area contributed by atoms with Crippen LogP contribution >= 0.6 is 45.2 Å². The average molecular weight is 805 g/mol. The Labute approximate surface area is 265 Å². The van der Waals surface area contributed by atoms with Crippen molar-refractivity contribution >= 4 is 95.7 Å². The Morgan fingerprint density at radius 2 is 1.27 bits per heavy atom. The minimum atomic E-state index is -1.06. The van der Waals surface area contributed by atoms with Crippen LogP contribution in [0.15, 0.2) is 36.4 Å². The maximum absolute atomic E-state index is 10.9. The van der Waals surface area contributed by atoms with E-state index in [1.165, 1.54) is 0 Å². The van der Waals surface area contributed by atoms with Crippen LogP contribution in [-0.4, -0.2) is 61.5 Å². The Balaban J connectivity index is 0.000000220. The number of aromatic nitrogens is 4. The number of rotatable bonds is 12. The van der Waals surface area contributed by atoms with Crippen LogP contribution in [0.25, 0.3) is 21.8 Å². The Morgan fingerprint density at radius 1 is 0.750 bits per heavy atom. The number of nitrogens with zero attached hydrogens (tertiary/aromatic N) is 4. The van der Waals surface area contributed by atoms with Gasteiger partial charge in [-0.25, -0.2) is 9.36 Å². The molecule has 0 aliphatic heterocycles. The quantitative estimate of drug-likeness (QED) is 0.0638. The minimum Gasteiger partial charge on any atom is -0.360 e. The van der Waals surface area contributed by atoms with Crippen molar-refractivity contribution in [1.29, 1.82) is 0 Å². The lowest BCUT2D eigenvalue weighted by Gasteiger charge is -2.15. The van der Waals surface area contributed by atoms with E-state index in [1.54, 1.807) is 0 Å². The molecule has 0 unspecified atom stereocenters. The molecule has 0 aliphatic carbocycles. The predicted molar refractivity (Wildman–Crippen MR) is 184 cm³/mol. The molecule has 0 bridgehead atoms. The second kappa shape index (κ2) is 14.6. The van der Waals surface area contributed by atoms with Crippen LogP contribution in [-0.2, 0) is 22.9 Å². The third-order valence-electron chi connectivity index (χ3n) is 6.12. The van der Waals surface area contributed by atoms with Gasteiger partial charge >= 0.3 is 0 Å². The molecule has 40 heavy (non-hydrogen) atoms. The van der Waals surface area contributed by atoms with Crippen molar-refractivity contribution in [1.82, 2.24) is 19.6 Å². The number of aldehydes is 2. The van der Waals surface area contributed by atoms with Gasteiger partial charge in [0.2, 0.25) is 0 Å². The van der Waals surface area contributed by atoms with Gasteiger partial charge in [-0.05, 0) is 81.5 Å². The lowest BCUT2D eigenvalue weighted by Crippen LogP contribution is -2.22. The molecular formula is C28H38I2N4O4Si2. The highest BCUT2D eigenvalue weighted by atomic mass is 127. The smallest absolute Gasteiger partial charge is 0.150 e. The zero-order valence-electron chi connectivity index (χ0n) is 24.0. The van der Waals surface area contributed by atoms with Crippen molar-refractivity contribution in [3.8, 4) is 0 Å². The summed E-state index contributed by atoms with van der Waals surface area (Å²) < 4.78 is 17.1. The van der Waals surface area contributed by atoms with Gasteiger partial charge in [0, 0.05) is 51.3 Å². The highest BCUT2D eigenvalue weighted by Crippen LogP contribution is 2.22. The van der Waals surface area contributed by atoms with Gasteiger partial charge in [-0.15, -0.1) is 0 Å². The molecule has 0 atom stereocenters. The number of hydrogen-bond acceptors (Lipinski definition) is 6. The third kappa shape index (κ3) is 9.82. The fourth-order valence-corrected chi connectivity index (χ4v) is 6.59. The first kappa shape index (κ1) is 33.0. The van der Waals surface area contributed by atoms with Crippen LogP contribution in [0.2, 0.25) is 51.4 Å². The summed E-state index contributed by atoms with van der Waals surface area (Å²) in [5, 5.41) is 11.1. The second-order valence-corrected chi connectivity index (χ2v) is 25.4. The average Bonchev–Trinajstić information content (AvgIpc) is 3.38. The van der Waals surface area contributed by atoms with Crippen molar-refractivity contribution in [3.63, 3.8) is 0 Å². The molecule has 2 aromatic heterocycles. The first-order chi connectivity index (χ1) is 18.8. The first-order valence-corrected chi connectivity index (χ1v) is 22.8. The SMILES string of the molecule is C[Si](C)(C)CCOCn1nc(I)c2ccc(C=O)cc21.C[Si](C)(C)CCOCn1nc2cc(C=O)ccc2c1I. The standard InChI is InChI=1S/2C14H19IN2O2Si/c1-20(2,3)7-6-19-10-17-13-8-11(9-18)4-5-12(13)14(15)16-17;1-20(2,3)7-6-19-10-17-14(15)12-5-4-11(9-18)8-13(12)16-17/h2*4-5,8-9H,6-7,10H2,1-3H3. The fraction of sp³-hybridized carbons (Fsp3) is 0.429. The zero-order chi connectivity index (χ0) is 29.5. The van der Waals surface area contributed by atoms with E-state index >= 15 is 0 Å². The largest absolute Gasteiger partial charge is 0.360 e. The van der Waals surface area contributed by atoms with Crippen molar-refractivity contribution in [3.05, 3.63) is 54.9 Å². The lowest BCUT2D eigenvalue weighted by molar-refractivity contribution is 0.0773. The molecule has 0 fully saturated rings. The van der Waals surface area contributed by atoms with E-state index in [0.29, 0.717) is 24.6 Å². The second-order valence-electron chi connectivity index (χ2n) is 12.1. The van der Waals surface area contributed by atoms with Gasteiger partial charge in [0.05, 0.1) is 11.0 Å². The predicted octanol–water partition coefficient (Wildman–Crippen LogP) is 7.53. The minimum absolute atomic E-state index is 0.437. The molecule has 2 heterocycles. The fourth-order valence-electron chi connectivity index (χ4n) is 3.66. The zero-order valence-corrected chi connectivity index (χ0v) is 30.4. The van der Waals surface area contributed by atoms with Crippen LogP contribution in [0, 0.1) is 7.40 Å². The molecule has 4 rings (SSSR count). The molecule has 8 nitrogen and oxygen atoms in total. The normalized spacial score (nSPS) is 12.0. The van der Waals surface area contributed by atoms with E-state index in [0.717, 1.165) is 67.1 Å². The van der Waals surface area contributed by atoms with Crippen molar-refractivity contribution in [2.45, 2.75) is 64.8 Å². The molecule has 0 saturated heterocycles. The van der Waals surface area contributed by atoms with Gasteiger partial charge in [0.25, 0.3) is 0 Å². The highest BCUT2D eigenvalue weighted by Gasteiger charge is 2.14. The van der Waals surface area contributed by atoms with E-state index in [1.807, 2.05) is 45.8 Å². The molecule has 0 aliphatic rings. The Morgan fingerprint density at radius 3 is 1.82 bits per heavy atom. The number of benzene rings is 2. The van der Waals surface area contributed by atoms with Gasteiger partial charge in [-0.3, -0.25) is 9.59 Å². The van der Waals surface area contributed by atoms with Gasteiger partial charge in [0.1, 0.15) is 33.4 Å². The van der Waals surface area contributed by atoms with Crippen molar-refractivity contribution in [2.24, 2.45) is 0 Å². The third-order valence-corrected chi connectivity index (χ3v) is 11.5. The topological polar surface area (TPSA) is 88.2 Å². The van der Waals surface area contributed by atoms with E-state index < -0.39 is 16.1 Å². The van der Waals surface area contributed by atoms with Crippen molar-refractivity contribution in [2.75, 3.05) is 13.2 Å². The molecule has 12 heteroatoms. The number of halogens is 2. The summed E-state index contributed by atoms with van der Waals surface area (Å²) in [4.78, 5) is 21.7. The summed E-state index contributed by atoms with van der Waals surface area (Å²) in [6.45, 7) is 16.5. The summed E-state index contributed by atoms with van der Waals surface area (Å²) in [5.41, 5.74) is 3.11. The summed E-state index contributed by atoms with van der Waals surface area (Å²) in [6.07, 6.45) is 1.70. The molecular weight excluding hydrogens is 766 g/mol.